The number of carbonyl (C=O) groups excluding carboxylic acids is 1. The van der Waals surface area contributed by atoms with Crippen LogP contribution in [0.5, 0.6) is 0 Å². The molecular weight excluding hydrogens is 268 g/mol. The molecule has 0 bridgehead atoms. The second-order valence-corrected chi connectivity index (χ2v) is 5.35. The third-order valence-corrected chi connectivity index (χ3v) is 3.31. The van der Waals surface area contributed by atoms with E-state index in [9.17, 15) is 9.59 Å². The number of rotatable bonds is 8. The summed E-state index contributed by atoms with van der Waals surface area (Å²) >= 11 is 0. The zero-order chi connectivity index (χ0) is 15.8. The average molecular weight is 292 g/mol. The van der Waals surface area contributed by atoms with Gasteiger partial charge in [-0.3, -0.25) is 9.59 Å². The van der Waals surface area contributed by atoms with E-state index in [1.807, 2.05) is 24.3 Å². The van der Waals surface area contributed by atoms with Gasteiger partial charge in [-0.15, -0.1) is 0 Å². The maximum absolute atomic E-state index is 11.0. The lowest BCUT2D eigenvalue weighted by atomic mass is 10.0. The molecule has 2 atom stereocenters. The molecule has 0 heterocycles. The molecule has 1 amide bonds. The van der Waals surface area contributed by atoms with E-state index in [0.29, 0.717) is 6.42 Å². The second kappa shape index (κ2) is 8.42. The van der Waals surface area contributed by atoms with E-state index in [0.717, 1.165) is 17.7 Å². The zero-order valence-corrected chi connectivity index (χ0v) is 12.8. The van der Waals surface area contributed by atoms with Gasteiger partial charge in [-0.1, -0.05) is 19.1 Å². The molecule has 0 fully saturated rings. The number of carboxylic acid groups (broad SMARTS) is 1. The van der Waals surface area contributed by atoms with E-state index in [1.165, 1.54) is 6.92 Å². The van der Waals surface area contributed by atoms with Crippen molar-refractivity contribution < 1.29 is 14.7 Å². The number of benzene rings is 1. The van der Waals surface area contributed by atoms with Gasteiger partial charge in [0.15, 0.2) is 0 Å². The highest BCUT2D eigenvalue weighted by atomic mass is 16.4. The Labute approximate surface area is 125 Å². The first kappa shape index (κ1) is 17.2. The van der Waals surface area contributed by atoms with Gasteiger partial charge in [0.2, 0.25) is 5.91 Å². The fourth-order valence-electron chi connectivity index (χ4n) is 2.13. The summed E-state index contributed by atoms with van der Waals surface area (Å²) < 4.78 is 0. The maximum Gasteiger partial charge on any atom is 0.304 e. The highest BCUT2D eigenvalue weighted by Gasteiger charge is 2.15. The molecule has 116 valence electrons. The van der Waals surface area contributed by atoms with Gasteiger partial charge in [0.25, 0.3) is 0 Å². The molecule has 5 heteroatoms. The van der Waals surface area contributed by atoms with Crippen molar-refractivity contribution in [1.29, 1.82) is 0 Å². The third kappa shape index (κ3) is 6.90. The minimum Gasteiger partial charge on any atom is -0.481 e. The van der Waals surface area contributed by atoms with Crippen LogP contribution in [0.1, 0.15) is 39.2 Å². The van der Waals surface area contributed by atoms with E-state index in [1.54, 1.807) is 0 Å². The number of hydrogen-bond acceptors (Lipinski definition) is 3. The first-order chi connectivity index (χ1) is 9.90. The summed E-state index contributed by atoms with van der Waals surface area (Å²) in [6.45, 7) is 5.58. The lowest BCUT2D eigenvalue weighted by molar-refractivity contribution is -0.137. The Morgan fingerprint density at radius 1 is 1.24 bits per heavy atom. The normalized spacial score (nSPS) is 13.5. The van der Waals surface area contributed by atoms with Crippen LogP contribution in [0.15, 0.2) is 24.3 Å². The van der Waals surface area contributed by atoms with Crippen molar-refractivity contribution in [2.75, 3.05) is 5.32 Å². The molecule has 5 nitrogen and oxygen atoms in total. The van der Waals surface area contributed by atoms with Gasteiger partial charge >= 0.3 is 5.97 Å². The molecule has 1 rings (SSSR count). The van der Waals surface area contributed by atoms with E-state index < -0.39 is 5.97 Å². The summed E-state index contributed by atoms with van der Waals surface area (Å²) in [7, 11) is 0. The molecule has 0 radical (unpaired) electrons. The van der Waals surface area contributed by atoms with E-state index >= 15 is 0 Å². The molecule has 1 aromatic carbocycles. The zero-order valence-electron chi connectivity index (χ0n) is 12.8. The van der Waals surface area contributed by atoms with Crippen molar-refractivity contribution in [2.45, 2.75) is 52.1 Å². The van der Waals surface area contributed by atoms with Crippen LogP contribution in [0, 0.1) is 0 Å². The Balaban J connectivity index is 2.68. The molecule has 0 aromatic heterocycles. The molecule has 0 aliphatic heterocycles. The van der Waals surface area contributed by atoms with Crippen LogP contribution in [-0.2, 0) is 16.0 Å². The van der Waals surface area contributed by atoms with E-state index in [2.05, 4.69) is 24.5 Å². The molecule has 21 heavy (non-hydrogen) atoms. The van der Waals surface area contributed by atoms with Crippen LogP contribution in [0.25, 0.3) is 0 Å². The smallest absolute Gasteiger partial charge is 0.304 e. The summed E-state index contributed by atoms with van der Waals surface area (Å²) in [4.78, 5) is 21.9. The molecule has 0 saturated heterocycles. The van der Waals surface area contributed by atoms with Crippen molar-refractivity contribution in [3.63, 3.8) is 0 Å². The third-order valence-electron chi connectivity index (χ3n) is 3.31. The molecule has 3 N–H and O–H groups in total. The number of anilines is 1. The monoisotopic (exact) mass is 292 g/mol. The summed E-state index contributed by atoms with van der Waals surface area (Å²) in [6, 6.07) is 7.68. The predicted octanol–water partition coefficient (Wildman–Crippen LogP) is 2.42. The van der Waals surface area contributed by atoms with Crippen LogP contribution in [-0.4, -0.2) is 29.1 Å². The highest BCUT2D eigenvalue weighted by Crippen LogP contribution is 2.13. The summed E-state index contributed by atoms with van der Waals surface area (Å²) in [5.74, 6) is -0.907. The topological polar surface area (TPSA) is 78.4 Å². The molecule has 1 aromatic rings. The summed E-state index contributed by atoms with van der Waals surface area (Å²) in [5, 5.41) is 15.1. The minimum atomic E-state index is -0.800. The lowest BCUT2D eigenvalue weighted by Gasteiger charge is -2.21. The standard InChI is InChI=1S/C16H24N2O3/c1-4-11(2)17-15(10-16(20)21)9-13-5-7-14(8-6-13)18-12(3)19/h5-8,11,15,17H,4,9-10H2,1-3H3,(H,18,19)(H,20,21). The second-order valence-electron chi connectivity index (χ2n) is 5.35. The number of aliphatic carboxylic acids is 1. The number of carboxylic acids is 1. The van der Waals surface area contributed by atoms with Crippen LogP contribution in [0.4, 0.5) is 5.69 Å². The van der Waals surface area contributed by atoms with Gasteiger partial charge in [-0.2, -0.15) is 0 Å². The molecule has 0 aliphatic rings. The molecule has 0 spiro atoms. The summed E-state index contributed by atoms with van der Waals surface area (Å²) in [5.41, 5.74) is 1.79. The fraction of sp³-hybridized carbons (Fsp3) is 0.500. The fourth-order valence-corrected chi connectivity index (χ4v) is 2.13. The van der Waals surface area contributed by atoms with Gasteiger partial charge < -0.3 is 15.7 Å². The van der Waals surface area contributed by atoms with Gasteiger partial charge in [0.05, 0.1) is 6.42 Å². The Kier molecular flexibility index (Phi) is 6.88. The van der Waals surface area contributed by atoms with Crippen molar-refractivity contribution in [3.05, 3.63) is 29.8 Å². The largest absolute Gasteiger partial charge is 0.481 e. The van der Waals surface area contributed by atoms with E-state index in [4.69, 9.17) is 5.11 Å². The minimum absolute atomic E-state index is 0.0935. The number of nitrogens with one attached hydrogen (secondary N) is 2. The van der Waals surface area contributed by atoms with Crippen molar-refractivity contribution >= 4 is 17.6 Å². The highest BCUT2D eigenvalue weighted by molar-refractivity contribution is 5.88. The van der Waals surface area contributed by atoms with Crippen molar-refractivity contribution in [3.8, 4) is 0 Å². The van der Waals surface area contributed by atoms with E-state index in [-0.39, 0.29) is 24.4 Å². The van der Waals surface area contributed by atoms with Crippen molar-refractivity contribution in [2.24, 2.45) is 0 Å². The van der Waals surface area contributed by atoms with Crippen LogP contribution in [0.2, 0.25) is 0 Å². The Morgan fingerprint density at radius 2 is 1.86 bits per heavy atom. The first-order valence-corrected chi connectivity index (χ1v) is 7.25. The van der Waals surface area contributed by atoms with Crippen LogP contribution in [0.3, 0.4) is 0 Å². The molecule has 0 aliphatic carbocycles. The predicted molar refractivity (Wildman–Crippen MR) is 83.4 cm³/mol. The Hall–Kier alpha value is -1.88. The van der Waals surface area contributed by atoms with Gasteiger partial charge in [-0.05, 0) is 37.5 Å². The maximum atomic E-state index is 11.0. The number of carbonyl (C=O) groups is 2. The SMILES string of the molecule is CCC(C)NC(CC(=O)O)Cc1ccc(NC(C)=O)cc1. The van der Waals surface area contributed by atoms with Crippen LogP contribution < -0.4 is 10.6 Å². The molecule has 0 saturated carbocycles. The Bertz CT molecular complexity index is 471. The lowest BCUT2D eigenvalue weighted by Crippen LogP contribution is -2.39. The van der Waals surface area contributed by atoms with Gasteiger partial charge in [-0.25, -0.2) is 0 Å². The molecular formula is C16H24N2O3. The van der Waals surface area contributed by atoms with Gasteiger partial charge in [0.1, 0.15) is 0 Å². The van der Waals surface area contributed by atoms with Gasteiger partial charge in [0, 0.05) is 24.7 Å². The van der Waals surface area contributed by atoms with Crippen molar-refractivity contribution in [1.82, 2.24) is 5.32 Å². The summed E-state index contributed by atoms with van der Waals surface area (Å²) in [6.07, 6.45) is 1.70. The number of amides is 1. The molecule has 2 unspecified atom stereocenters. The van der Waals surface area contributed by atoms with Crippen LogP contribution >= 0.6 is 0 Å². The average Bonchev–Trinajstić information content (AvgIpc) is 2.39. The quantitative estimate of drug-likeness (QED) is 0.687. The number of hydrogen-bond donors (Lipinski definition) is 3. The Morgan fingerprint density at radius 3 is 2.33 bits per heavy atom. The first-order valence-electron chi connectivity index (χ1n) is 7.25.